The largest absolute Gasteiger partial charge is 0.307 e. The maximum absolute atomic E-state index is 16.6. The van der Waals surface area contributed by atoms with E-state index in [1.165, 1.54) is 107 Å². The highest BCUT2D eigenvalue weighted by atomic mass is 19.2. The predicted octanol–water partition coefficient (Wildman–Crippen LogP) is 19.6. The van der Waals surface area contributed by atoms with E-state index in [1.807, 2.05) is 12.1 Å². The van der Waals surface area contributed by atoms with Gasteiger partial charge in [0.1, 0.15) is 58.2 Å². The van der Waals surface area contributed by atoms with Crippen molar-refractivity contribution in [3.63, 3.8) is 0 Å². The van der Waals surface area contributed by atoms with Gasteiger partial charge in [0.15, 0.2) is 0 Å². The van der Waals surface area contributed by atoms with Crippen molar-refractivity contribution in [1.82, 2.24) is 0 Å². The minimum Gasteiger partial charge on any atom is -0.307 e. The Bertz CT molecular complexity index is 3790. The average Bonchev–Trinajstić information content (AvgIpc) is 3.52. The molecule has 0 atom stereocenters. The summed E-state index contributed by atoms with van der Waals surface area (Å²) >= 11 is 0. The summed E-state index contributed by atoms with van der Waals surface area (Å²) in [5.74, 6) is -9.11. The summed E-state index contributed by atoms with van der Waals surface area (Å²) in [7, 11) is 0. The Morgan fingerprint density at radius 3 is 0.776 bits per heavy atom. The Morgan fingerprint density at radius 1 is 0.224 bits per heavy atom. The van der Waals surface area contributed by atoms with Gasteiger partial charge in [-0.2, -0.15) is 0 Å². The number of nitrogens with zero attached hydrogens (tertiary/aromatic N) is 2. The van der Waals surface area contributed by atoms with Crippen LogP contribution in [0.15, 0.2) is 206 Å². The third kappa shape index (κ3) is 8.01. The van der Waals surface area contributed by atoms with Gasteiger partial charge in [-0.15, -0.1) is 0 Å². The molecule has 0 aromatic heterocycles. The standard InChI is InChI=1S/C64H34F10N2/c65-45-9-1-3-19-57(45)75(41-31-37(61-47(67)11-5-12-48(61)68)29-38(32-41)62-49(69)13-6-14-50(62)70)55-27-23-35-22-26-44-56(28-24-36-21-25-43(55)59(35)60(36)44)76(58-20-4-2-10-46(58)66)42-33-39(63-51(71)15-7-16-52(63)72)30-40(34-42)64-53(73)17-8-18-54(64)74/h1-34H. The molecule has 12 heteroatoms. The minimum atomic E-state index is -0.959. The molecule has 370 valence electrons. The van der Waals surface area contributed by atoms with E-state index in [0.29, 0.717) is 43.7 Å². The SMILES string of the molecule is Fc1ccccc1N(c1cc(-c2c(F)cccc2F)cc(-c2c(F)cccc2F)c1)c1ccc2ccc3c(N(c4cc(-c5c(F)cccc5F)cc(-c5c(F)cccc5F)c4)c4ccccc4F)ccc4ccc1c2c43. The third-order valence-corrected chi connectivity index (χ3v) is 13.6. The van der Waals surface area contributed by atoms with Crippen LogP contribution in [0.3, 0.4) is 0 Å². The van der Waals surface area contributed by atoms with Crippen molar-refractivity contribution in [1.29, 1.82) is 0 Å². The smallest absolute Gasteiger partial charge is 0.147 e. The Balaban J connectivity index is 1.14. The normalized spacial score (nSPS) is 11.6. The highest BCUT2D eigenvalue weighted by molar-refractivity contribution is 6.28. The van der Waals surface area contributed by atoms with E-state index in [9.17, 15) is 0 Å². The molecule has 0 unspecified atom stereocenters. The first kappa shape index (κ1) is 47.6. The second-order valence-corrected chi connectivity index (χ2v) is 18.1. The van der Waals surface area contributed by atoms with Gasteiger partial charge in [0.2, 0.25) is 0 Å². The Hall–Kier alpha value is -9.42. The van der Waals surface area contributed by atoms with Crippen LogP contribution in [0.4, 0.5) is 78.0 Å². The Kier molecular flexibility index (Phi) is 11.8. The van der Waals surface area contributed by atoms with Gasteiger partial charge in [-0.25, -0.2) is 43.9 Å². The van der Waals surface area contributed by atoms with Gasteiger partial charge >= 0.3 is 0 Å². The molecule has 12 aromatic rings. The maximum Gasteiger partial charge on any atom is 0.147 e. The summed E-state index contributed by atoms with van der Waals surface area (Å²) < 4.78 is 159. The van der Waals surface area contributed by atoms with Crippen molar-refractivity contribution < 1.29 is 43.9 Å². The topological polar surface area (TPSA) is 6.48 Å². The highest BCUT2D eigenvalue weighted by Crippen LogP contribution is 2.50. The Labute approximate surface area is 427 Å². The summed E-state index contributed by atoms with van der Waals surface area (Å²) in [4.78, 5) is 2.99. The van der Waals surface area contributed by atoms with Crippen molar-refractivity contribution >= 4 is 66.4 Å². The van der Waals surface area contributed by atoms with Crippen molar-refractivity contribution in [3.05, 3.63) is 264 Å². The zero-order chi connectivity index (χ0) is 52.5. The number of para-hydroxylation sites is 2. The molecular formula is C64H34F10N2. The van der Waals surface area contributed by atoms with Gasteiger partial charge in [-0.3, -0.25) is 0 Å². The quantitative estimate of drug-likeness (QED) is 0.0995. The lowest BCUT2D eigenvalue weighted by molar-refractivity contribution is 0.588. The predicted molar refractivity (Wildman–Crippen MR) is 281 cm³/mol. The molecule has 0 bridgehead atoms. The van der Waals surface area contributed by atoms with Crippen molar-refractivity contribution in [3.8, 4) is 44.5 Å². The van der Waals surface area contributed by atoms with Crippen LogP contribution in [-0.4, -0.2) is 0 Å². The van der Waals surface area contributed by atoms with Gasteiger partial charge < -0.3 is 9.80 Å². The number of halogens is 10. The average molecular weight is 1020 g/mol. The number of rotatable bonds is 10. The van der Waals surface area contributed by atoms with E-state index >= 15 is 43.9 Å². The first-order chi connectivity index (χ1) is 36.8. The molecule has 0 spiro atoms. The fourth-order valence-corrected chi connectivity index (χ4v) is 10.4. The molecule has 76 heavy (non-hydrogen) atoms. The molecule has 0 N–H and O–H groups in total. The van der Waals surface area contributed by atoms with Gasteiger partial charge in [0.05, 0.1) is 45.0 Å². The molecule has 0 heterocycles. The van der Waals surface area contributed by atoms with Crippen LogP contribution in [0.2, 0.25) is 0 Å². The lowest BCUT2D eigenvalue weighted by Gasteiger charge is -2.30. The summed E-state index contributed by atoms with van der Waals surface area (Å²) in [6, 6.07) is 47.1. The number of hydrogen-bond acceptors (Lipinski definition) is 2. The fourth-order valence-electron chi connectivity index (χ4n) is 10.4. The molecule has 0 aliphatic rings. The van der Waals surface area contributed by atoms with Crippen LogP contribution >= 0.6 is 0 Å². The zero-order valence-electron chi connectivity index (χ0n) is 39.3. The summed E-state index contributed by atoms with van der Waals surface area (Å²) in [6.07, 6.45) is 0. The Morgan fingerprint density at radius 2 is 0.487 bits per heavy atom. The molecule has 2 nitrogen and oxygen atoms in total. The van der Waals surface area contributed by atoms with E-state index in [2.05, 4.69) is 0 Å². The first-order valence-electron chi connectivity index (χ1n) is 23.7. The van der Waals surface area contributed by atoms with Crippen LogP contribution in [0, 0.1) is 58.2 Å². The van der Waals surface area contributed by atoms with E-state index in [-0.39, 0.29) is 45.0 Å². The van der Waals surface area contributed by atoms with Crippen molar-refractivity contribution in [2.75, 3.05) is 9.80 Å². The molecule has 0 aliphatic carbocycles. The van der Waals surface area contributed by atoms with Gasteiger partial charge in [0, 0.05) is 22.1 Å². The molecular weight excluding hydrogens is 987 g/mol. The number of benzene rings is 12. The molecule has 0 radical (unpaired) electrons. The second kappa shape index (κ2) is 18.8. The molecule has 0 amide bonds. The number of hydrogen-bond donors (Lipinski definition) is 0. The number of anilines is 6. The molecule has 0 saturated heterocycles. The van der Waals surface area contributed by atoms with E-state index < -0.39 is 80.4 Å². The van der Waals surface area contributed by atoms with Crippen LogP contribution in [0.5, 0.6) is 0 Å². The lowest BCUT2D eigenvalue weighted by Crippen LogP contribution is -2.14. The summed E-state index contributed by atoms with van der Waals surface area (Å²) in [5.41, 5.74) is -1.68. The van der Waals surface area contributed by atoms with Crippen LogP contribution in [0.25, 0.3) is 76.8 Å². The lowest BCUT2D eigenvalue weighted by atomic mass is 9.91. The summed E-state index contributed by atoms with van der Waals surface area (Å²) in [6.45, 7) is 0. The minimum absolute atomic E-state index is 0.0386. The molecule has 12 rings (SSSR count). The van der Waals surface area contributed by atoms with Crippen LogP contribution in [-0.2, 0) is 0 Å². The van der Waals surface area contributed by atoms with E-state index in [0.717, 1.165) is 48.5 Å². The van der Waals surface area contributed by atoms with Gasteiger partial charge in [-0.1, -0.05) is 84.9 Å². The van der Waals surface area contributed by atoms with Crippen LogP contribution < -0.4 is 9.80 Å². The van der Waals surface area contributed by atoms with Gasteiger partial charge in [0.25, 0.3) is 0 Å². The van der Waals surface area contributed by atoms with Gasteiger partial charge in [-0.05, 0) is 165 Å². The molecule has 0 saturated carbocycles. The van der Waals surface area contributed by atoms with E-state index in [1.54, 1.807) is 48.5 Å². The molecule has 12 aromatic carbocycles. The summed E-state index contributed by atoms with van der Waals surface area (Å²) in [5, 5.41) is 3.60. The maximum atomic E-state index is 16.6. The van der Waals surface area contributed by atoms with Crippen molar-refractivity contribution in [2.24, 2.45) is 0 Å². The third-order valence-electron chi connectivity index (χ3n) is 13.6. The fraction of sp³-hybridized carbons (Fsp3) is 0. The second-order valence-electron chi connectivity index (χ2n) is 18.1. The van der Waals surface area contributed by atoms with Crippen molar-refractivity contribution in [2.45, 2.75) is 0 Å². The molecule has 0 fully saturated rings. The zero-order valence-corrected chi connectivity index (χ0v) is 39.3. The first-order valence-corrected chi connectivity index (χ1v) is 23.7. The molecule has 0 aliphatic heterocycles. The van der Waals surface area contributed by atoms with E-state index in [4.69, 9.17) is 0 Å². The monoisotopic (exact) mass is 1020 g/mol. The van der Waals surface area contributed by atoms with Crippen LogP contribution in [0.1, 0.15) is 0 Å². The highest BCUT2D eigenvalue weighted by Gasteiger charge is 2.28.